The lowest BCUT2D eigenvalue weighted by Gasteiger charge is -2.05. The summed E-state index contributed by atoms with van der Waals surface area (Å²) in [6, 6.07) is 16.7. The van der Waals surface area contributed by atoms with Crippen molar-refractivity contribution < 1.29 is 13.9 Å². The van der Waals surface area contributed by atoms with E-state index in [1.54, 1.807) is 23.7 Å². The van der Waals surface area contributed by atoms with Crippen LogP contribution in [0.3, 0.4) is 0 Å². The monoisotopic (exact) mass is 408 g/mol. The topological polar surface area (TPSA) is 83.0 Å². The maximum absolute atomic E-state index is 12.6. The van der Waals surface area contributed by atoms with Gasteiger partial charge in [-0.15, -0.1) is 10.2 Å². The molecule has 0 aliphatic rings. The van der Waals surface area contributed by atoms with Gasteiger partial charge >= 0.3 is 5.97 Å². The summed E-state index contributed by atoms with van der Waals surface area (Å²) in [5, 5.41) is 12.9. The summed E-state index contributed by atoms with van der Waals surface area (Å²) in [7, 11) is 0. The highest BCUT2D eigenvalue weighted by molar-refractivity contribution is 6.33. The van der Waals surface area contributed by atoms with Gasteiger partial charge in [-0.25, -0.2) is 9.48 Å². The Morgan fingerprint density at radius 2 is 1.79 bits per heavy atom. The van der Waals surface area contributed by atoms with Crippen LogP contribution in [0.1, 0.15) is 27.6 Å². The molecule has 2 aromatic heterocycles. The van der Waals surface area contributed by atoms with Gasteiger partial charge in [0.1, 0.15) is 5.56 Å². The first-order valence-electron chi connectivity index (χ1n) is 8.90. The zero-order valence-electron chi connectivity index (χ0n) is 15.8. The third-order valence-electron chi connectivity index (χ3n) is 4.39. The van der Waals surface area contributed by atoms with E-state index in [9.17, 15) is 4.79 Å². The van der Waals surface area contributed by atoms with Crippen molar-refractivity contribution in [2.45, 2.75) is 20.5 Å². The number of rotatable bonds is 5. The van der Waals surface area contributed by atoms with Crippen molar-refractivity contribution in [1.29, 1.82) is 0 Å². The second kappa shape index (κ2) is 7.89. The van der Waals surface area contributed by atoms with E-state index in [2.05, 4.69) is 15.3 Å². The summed E-state index contributed by atoms with van der Waals surface area (Å²) in [6.07, 6.45) is 0. The van der Waals surface area contributed by atoms with Crippen molar-refractivity contribution in [1.82, 2.24) is 20.0 Å². The van der Waals surface area contributed by atoms with Crippen LogP contribution in [0.15, 0.2) is 59.0 Å². The fraction of sp³-hybridized carbons (Fsp3) is 0.143. The molecule has 0 unspecified atom stereocenters. The zero-order chi connectivity index (χ0) is 20.4. The third-order valence-corrected chi connectivity index (χ3v) is 4.72. The fourth-order valence-electron chi connectivity index (χ4n) is 3.01. The van der Waals surface area contributed by atoms with Crippen molar-refractivity contribution in [3.8, 4) is 17.1 Å². The van der Waals surface area contributed by atoms with Gasteiger partial charge in [0.05, 0.1) is 27.7 Å². The van der Waals surface area contributed by atoms with Crippen LogP contribution in [0.2, 0.25) is 5.02 Å². The van der Waals surface area contributed by atoms with E-state index < -0.39 is 5.97 Å². The third kappa shape index (κ3) is 3.77. The highest BCUT2D eigenvalue weighted by atomic mass is 35.5. The number of carbonyl (C=O) groups is 1. The molecule has 0 fully saturated rings. The van der Waals surface area contributed by atoms with Gasteiger partial charge in [-0.3, -0.25) is 0 Å². The van der Waals surface area contributed by atoms with Gasteiger partial charge in [0.25, 0.3) is 5.89 Å². The van der Waals surface area contributed by atoms with E-state index in [0.29, 0.717) is 27.5 Å². The molecule has 0 saturated heterocycles. The van der Waals surface area contributed by atoms with Crippen LogP contribution in [-0.2, 0) is 11.3 Å². The second-order valence-electron chi connectivity index (χ2n) is 6.35. The lowest BCUT2D eigenvalue weighted by molar-refractivity contribution is 0.0437. The summed E-state index contributed by atoms with van der Waals surface area (Å²) >= 11 is 6.14. The van der Waals surface area contributed by atoms with Gasteiger partial charge in [0.2, 0.25) is 5.89 Å². The van der Waals surface area contributed by atoms with Gasteiger partial charge in [-0.1, -0.05) is 41.9 Å². The van der Waals surface area contributed by atoms with Crippen LogP contribution in [0.25, 0.3) is 17.1 Å². The molecule has 0 aliphatic carbocycles. The number of ether oxygens (including phenoxy) is 1. The Labute approximate surface area is 171 Å². The Kier molecular flexibility index (Phi) is 5.14. The summed E-state index contributed by atoms with van der Waals surface area (Å²) in [5.41, 5.74) is 3.18. The van der Waals surface area contributed by atoms with Crippen LogP contribution in [0.5, 0.6) is 0 Å². The van der Waals surface area contributed by atoms with Crippen molar-refractivity contribution in [3.05, 3.63) is 82.5 Å². The average molecular weight is 409 g/mol. The van der Waals surface area contributed by atoms with E-state index in [4.69, 9.17) is 20.8 Å². The molecule has 2 heterocycles. The zero-order valence-corrected chi connectivity index (χ0v) is 16.6. The molecule has 0 spiro atoms. The minimum atomic E-state index is -0.500. The number of nitrogens with zero attached hydrogens (tertiary/aromatic N) is 4. The molecular weight excluding hydrogens is 392 g/mol. The molecule has 0 atom stereocenters. The van der Waals surface area contributed by atoms with E-state index in [1.807, 2.05) is 49.4 Å². The Bertz CT molecular complexity index is 1170. The van der Waals surface area contributed by atoms with Gasteiger partial charge in [-0.2, -0.15) is 5.10 Å². The van der Waals surface area contributed by atoms with E-state index in [-0.39, 0.29) is 18.4 Å². The lowest BCUT2D eigenvalue weighted by atomic mass is 10.2. The van der Waals surface area contributed by atoms with Crippen LogP contribution >= 0.6 is 11.6 Å². The Morgan fingerprint density at radius 1 is 1.07 bits per heavy atom. The number of para-hydroxylation sites is 1. The lowest BCUT2D eigenvalue weighted by Crippen LogP contribution is -2.08. The maximum Gasteiger partial charge on any atom is 0.342 e. The predicted molar refractivity (Wildman–Crippen MR) is 107 cm³/mol. The Hall–Kier alpha value is -3.45. The van der Waals surface area contributed by atoms with Gasteiger partial charge < -0.3 is 9.15 Å². The summed E-state index contributed by atoms with van der Waals surface area (Å²) in [6.45, 7) is 3.45. The first-order chi connectivity index (χ1) is 14.0. The number of halogens is 1. The summed E-state index contributed by atoms with van der Waals surface area (Å²) < 4.78 is 12.7. The van der Waals surface area contributed by atoms with Crippen molar-refractivity contribution >= 4 is 17.6 Å². The van der Waals surface area contributed by atoms with Gasteiger partial charge in [-0.05, 0) is 38.1 Å². The Morgan fingerprint density at radius 3 is 2.55 bits per heavy atom. The van der Waals surface area contributed by atoms with Crippen molar-refractivity contribution in [2.75, 3.05) is 0 Å². The number of aryl methyl sites for hydroxylation is 1. The van der Waals surface area contributed by atoms with Crippen LogP contribution < -0.4 is 0 Å². The van der Waals surface area contributed by atoms with Crippen LogP contribution in [0.4, 0.5) is 0 Å². The molecule has 146 valence electrons. The van der Waals surface area contributed by atoms with Crippen molar-refractivity contribution in [2.24, 2.45) is 0 Å². The normalized spacial score (nSPS) is 10.9. The second-order valence-corrected chi connectivity index (χ2v) is 6.76. The molecule has 4 rings (SSSR count). The number of benzene rings is 2. The molecule has 0 bridgehead atoms. The first-order valence-corrected chi connectivity index (χ1v) is 9.28. The number of esters is 1. The molecule has 0 aliphatic heterocycles. The average Bonchev–Trinajstić information content (AvgIpc) is 3.31. The minimum absolute atomic E-state index is 0.147. The summed E-state index contributed by atoms with van der Waals surface area (Å²) in [5.74, 6) is -0.0513. The van der Waals surface area contributed by atoms with E-state index >= 15 is 0 Å². The largest absolute Gasteiger partial charge is 0.452 e. The number of hydrogen-bond donors (Lipinski definition) is 0. The minimum Gasteiger partial charge on any atom is -0.452 e. The molecule has 0 N–H and O–H groups in total. The molecule has 7 nitrogen and oxygen atoms in total. The summed E-state index contributed by atoms with van der Waals surface area (Å²) in [4.78, 5) is 12.6. The van der Waals surface area contributed by atoms with E-state index in [0.717, 1.165) is 5.69 Å². The van der Waals surface area contributed by atoms with Gasteiger partial charge in [0, 0.05) is 0 Å². The molecule has 0 saturated carbocycles. The van der Waals surface area contributed by atoms with Crippen molar-refractivity contribution in [3.63, 3.8) is 0 Å². The molecular formula is C21H17ClN4O3. The molecule has 4 aromatic rings. The standard InChI is InChI=1S/C21H17ClN4O3/c1-13-19(14(2)26(25-13)15-8-4-3-5-9-15)21(27)28-12-18-23-24-20(29-18)16-10-6-7-11-17(16)22/h3-11H,12H2,1-2H3. The van der Waals surface area contributed by atoms with Crippen LogP contribution in [0, 0.1) is 13.8 Å². The predicted octanol–water partition coefficient (Wildman–Crippen LogP) is 4.55. The van der Waals surface area contributed by atoms with E-state index in [1.165, 1.54) is 0 Å². The molecule has 8 heteroatoms. The highest BCUT2D eigenvalue weighted by Gasteiger charge is 2.22. The number of carbonyl (C=O) groups excluding carboxylic acids is 1. The quantitative estimate of drug-likeness (QED) is 0.450. The molecule has 2 aromatic carbocycles. The van der Waals surface area contributed by atoms with Crippen LogP contribution in [-0.4, -0.2) is 25.9 Å². The highest BCUT2D eigenvalue weighted by Crippen LogP contribution is 2.26. The fourth-order valence-corrected chi connectivity index (χ4v) is 3.23. The molecule has 0 radical (unpaired) electrons. The molecule has 29 heavy (non-hydrogen) atoms. The van der Waals surface area contributed by atoms with Gasteiger partial charge in [0.15, 0.2) is 6.61 Å². The smallest absolute Gasteiger partial charge is 0.342 e. The SMILES string of the molecule is Cc1nn(-c2ccccc2)c(C)c1C(=O)OCc1nnc(-c2ccccc2Cl)o1. The first kappa shape index (κ1) is 18.9. The molecule has 0 amide bonds. The Balaban J connectivity index is 1.50. The number of aromatic nitrogens is 4. The maximum atomic E-state index is 12.6. The number of hydrogen-bond acceptors (Lipinski definition) is 6.